The lowest BCUT2D eigenvalue weighted by Crippen LogP contribution is -2.23. The fourth-order valence-electron chi connectivity index (χ4n) is 1.88. The molecule has 0 aliphatic heterocycles. The smallest absolute Gasteiger partial charge is 0.0946 e. The molecule has 0 nitrogen and oxygen atoms in total. The summed E-state index contributed by atoms with van der Waals surface area (Å²) in [6.45, 7) is 8.20. The van der Waals surface area contributed by atoms with Crippen LogP contribution in [0.1, 0.15) is 45.6 Å². The zero-order valence-corrected chi connectivity index (χ0v) is 10.9. The molecule has 0 aliphatic rings. The van der Waals surface area contributed by atoms with E-state index in [-0.39, 0.29) is 5.82 Å². The van der Waals surface area contributed by atoms with Crippen molar-refractivity contribution in [2.45, 2.75) is 45.9 Å². The van der Waals surface area contributed by atoms with E-state index in [9.17, 15) is 0 Å². The summed E-state index contributed by atoms with van der Waals surface area (Å²) < 4.78 is 0. The van der Waals surface area contributed by atoms with Gasteiger partial charge in [0.25, 0.3) is 0 Å². The number of hydrogen-bond acceptors (Lipinski definition) is 0. The lowest BCUT2D eigenvalue weighted by Gasteiger charge is -2.22. The monoisotopic (exact) mass is 209 g/mol. The highest BCUT2D eigenvalue weighted by Crippen LogP contribution is 2.28. The third-order valence-corrected chi connectivity index (χ3v) is 2.65. The maximum atomic E-state index is 5.95. The number of rotatable bonds is 4. The third kappa shape index (κ3) is 4.12. The van der Waals surface area contributed by atoms with E-state index < -0.39 is 0 Å². The molecule has 81 valence electrons. The molecule has 16 heavy (non-hydrogen) atoms. The average molecular weight is 209 g/mol. The van der Waals surface area contributed by atoms with Crippen molar-refractivity contribution in [1.29, 1.82) is 0 Å². The van der Waals surface area contributed by atoms with E-state index in [1.165, 1.54) is 5.56 Å². The molecular weight excluding hydrogens is 189 g/mol. The Hall–Kier alpha value is -0.585. The molecule has 0 saturated heterocycles. The first-order valence-corrected chi connectivity index (χ1v) is 6.10. The summed E-state index contributed by atoms with van der Waals surface area (Å²) in [5.41, 5.74) is 2.35. The molecule has 1 rings (SSSR count). The van der Waals surface area contributed by atoms with Gasteiger partial charge in [-0.15, -0.1) is 0 Å². The highest BCUT2D eigenvalue weighted by Gasteiger charge is 2.15. The molecule has 0 aromatic heterocycles. The van der Waals surface area contributed by atoms with Gasteiger partial charge in [0.15, 0.2) is 0 Å². The molecule has 0 saturated carbocycles. The van der Waals surface area contributed by atoms with Gasteiger partial charge in [0.2, 0.25) is 0 Å². The van der Waals surface area contributed by atoms with Crippen molar-refractivity contribution >= 4 is 28.2 Å². The van der Waals surface area contributed by atoms with Gasteiger partial charge in [0, 0.05) is 7.74 Å². The van der Waals surface area contributed by atoms with Crippen LogP contribution in [0.2, 0.25) is 5.82 Å². The minimum Gasteiger partial charge on any atom is -0.0946 e. The molecule has 0 bridgehead atoms. The molecule has 0 N–H and O–H groups in total. The highest BCUT2D eigenvalue weighted by atomic mass is 14.2. The van der Waals surface area contributed by atoms with Gasteiger partial charge in [-0.05, 0) is 12.3 Å². The Morgan fingerprint density at radius 1 is 1.25 bits per heavy atom. The summed E-state index contributed by atoms with van der Waals surface area (Å²) >= 11 is 0. The van der Waals surface area contributed by atoms with E-state index in [0.717, 1.165) is 11.9 Å². The van der Waals surface area contributed by atoms with Crippen LogP contribution in [0.5, 0.6) is 0 Å². The average Bonchev–Trinajstić information content (AvgIpc) is 2.33. The molecule has 0 fully saturated rings. The highest BCUT2D eigenvalue weighted by molar-refractivity contribution is 6.97. The molecule has 3 heteroatoms. The van der Waals surface area contributed by atoms with E-state index in [1.54, 1.807) is 7.17 Å². The van der Waals surface area contributed by atoms with Crippen molar-refractivity contribution in [3.63, 3.8) is 0 Å². The number of hydrogen-bond donors (Lipinski definition) is 0. The van der Waals surface area contributed by atoms with Crippen molar-refractivity contribution in [2.24, 2.45) is 0 Å². The lowest BCUT2D eigenvalue weighted by molar-refractivity contribution is 0.644. The van der Waals surface area contributed by atoms with Gasteiger partial charge in [0.1, 0.15) is 0 Å². The molecule has 2 atom stereocenters. The zero-order valence-electron chi connectivity index (χ0n) is 10.9. The van der Waals surface area contributed by atoms with Crippen LogP contribution in [0, 0.1) is 0 Å². The Morgan fingerprint density at radius 2 is 1.81 bits per heavy atom. The first kappa shape index (κ1) is 15.4. The minimum absolute atomic E-state index is 0.168. The molecule has 5 radical (unpaired) electrons. The van der Waals surface area contributed by atoms with E-state index >= 15 is 0 Å². The molecule has 1 aromatic rings. The first-order valence-electron chi connectivity index (χ1n) is 6.10. The second-order valence-electron chi connectivity index (χ2n) is 3.67. The van der Waals surface area contributed by atoms with Gasteiger partial charge in [-0.2, -0.15) is 0 Å². The van der Waals surface area contributed by atoms with E-state index in [1.807, 2.05) is 39.0 Å². The van der Waals surface area contributed by atoms with Gasteiger partial charge in [-0.25, -0.2) is 0 Å². The fraction of sp³-hybridized carbons (Fsp3) is 0.538. The van der Waals surface area contributed by atoms with E-state index in [4.69, 9.17) is 15.6 Å². The Balaban J connectivity index is 0.00000106. The first-order chi connectivity index (χ1) is 7.70. The SMILES string of the molecule is CC.[B][B]c1ccccc1C(CC)C([B])C. The van der Waals surface area contributed by atoms with Crippen LogP contribution >= 0.6 is 0 Å². The molecule has 2 unspecified atom stereocenters. The largest absolute Gasteiger partial charge is 0.0960 e. The summed E-state index contributed by atoms with van der Waals surface area (Å²) in [6, 6.07) is 8.17. The predicted molar refractivity (Wildman–Crippen MR) is 77.1 cm³/mol. The van der Waals surface area contributed by atoms with Crippen LogP contribution < -0.4 is 5.46 Å². The van der Waals surface area contributed by atoms with Gasteiger partial charge < -0.3 is 0 Å². The van der Waals surface area contributed by atoms with Gasteiger partial charge in [-0.1, -0.05) is 68.8 Å². The van der Waals surface area contributed by atoms with Crippen LogP contribution in [-0.2, 0) is 0 Å². The van der Waals surface area contributed by atoms with Crippen LogP contribution in [0.15, 0.2) is 24.3 Å². The molecule has 0 aliphatic carbocycles. The maximum Gasteiger partial charge on any atom is 0.0960 e. The minimum atomic E-state index is 0.168. The summed E-state index contributed by atoms with van der Waals surface area (Å²) in [4.78, 5) is 0. The third-order valence-electron chi connectivity index (χ3n) is 2.65. The van der Waals surface area contributed by atoms with Crippen molar-refractivity contribution < 1.29 is 0 Å². The molecule has 0 spiro atoms. The van der Waals surface area contributed by atoms with Crippen molar-refractivity contribution in [2.75, 3.05) is 0 Å². The Labute approximate surface area is 104 Å². The van der Waals surface area contributed by atoms with Crippen LogP contribution in [-0.4, -0.2) is 22.8 Å². The maximum absolute atomic E-state index is 5.95. The van der Waals surface area contributed by atoms with Gasteiger partial charge in [-0.3, -0.25) is 0 Å². The van der Waals surface area contributed by atoms with Gasteiger partial charge in [0.05, 0.1) is 15.0 Å². The molecule has 0 amide bonds. The molecular formula is C13H20B3. The summed E-state index contributed by atoms with van der Waals surface area (Å²) in [5.74, 6) is 0.562. The second kappa shape index (κ2) is 8.55. The molecule has 1 aromatic carbocycles. The van der Waals surface area contributed by atoms with E-state index in [2.05, 4.69) is 13.0 Å². The lowest BCUT2D eigenvalue weighted by atomic mass is 9.49. The fourth-order valence-corrected chi connectivity index (χ4v) is 1.88. The predicted octanol–water partition coefficient (Wildman–Crippen LogP) is 2.60. The van der Waals surface area contributed by atoms with Crippen molar-refractivity contribution in [3.05, 3.63) is 29.8 Å². The van der Waals surface area contributed by atoms with Crippen LogP contribution in [0.25, 0.3) is 0 Å². The van der Waals surface area contributed by atoms with Crippen LogP contribution in [0.4, 0.5) is 0 Å². The van der Waals surface area contributed by atoms with Crippen LogP contribution in [0.3, 0.4) is 0 Å². The summed E-state index contributed by atoms with van der Waals surface area (Å²) in [5, 5.41) is 0. The van der Waals surface area contributed by atoms with Crippen molar-refractivity contribution in [1.82, 2.24) is 0 Å². The summed E-state index contributed by atoms with van der Waals surface area (Å²) in [6.07, 6.45) is 1.04. The van der Waals surface area contributed by atoms with E-state index in [0.29, 0.717) is 5.92 Å². The van der Waals surface area contributed by atoms with Crippen molar-refractivity contribution in [3.8, 4) is 0 Å². The molecule has 0 heterocycles. The summed E-state index contributed by atoms with van der Waals surface area (Å²) in [7, 11) is 13.2. The zero-order chi connectivity index (χ0) is 12.6. The Morgan fingerprint density at radius 3 is 2.25 bits per heavy atom. The number of benzene rings is 1. The standard InChI is InChI=1S/C11H14B3.C2H6/c1-3-9(8(2)12)10-6-4-5-7-11(10)14-13;1-2/h4-9H,3H2,1-2H3;1-2H3. The Bertz CT molecular complexity index is 284. The van der Waals surface area contributed by atoms with Gasteiger partial charge >= 0.3 is 0 Å². The second-order valence-corrected chi connectivity index (χ2v) is 3.67. The quantitative estimate of drug-likeness (QED) is 0.668. The normalized spacial score (nSPS) is 13.2. The Kier molecular flexibility index (Phi) is 8.24. The topological polar surface area (TPSA) is 0 Å².